The van der Waals surface area contributed by atoms with Crippen molar-refractivity contribution in [2.75, 3.05) is 13.2 Å². The van der Waals surface area contributed by atoms with E-state index in [0.717, 1.165) is 4.90 Å². The summed E-state index contributed by atoms with van der Waals surface area (Å²) in [5.41, 5.74) is 0.698. The van der Waals surface area contributed by atoms with E-state index < -0.39 is 23.8 Å². The first-order valence-electron chi connectivity index (χ1n) is 8.86. The monoisotopic (exact) mass is 400 g/mol. The van der Waals surface area contributed by atoms with Crippen molar-refractivity contribution in [3.8, 4) is 0 Å². The summed E-state index contributed by atoms with van der Waals surface area (Å²) in [5.74, 6) is -1.93. The Morgan fingerprint density at radius 1 is 1.07 bits per heavy atom. The number of esters is 1. The highest BCUT2D eigenvalue weighted by atomic mass is 32.1. The van der Waals surface area contributed by atoms with E-state index in [1.54, 1.807) is 55.6 Å². The largest absolute Gasteiger partial charge is 0.462 e. The summed E-state index contributed by atoms with van der Waals surface area (Å²) in [5, 5.41) is 4.46. The summed E-state index contributed by atoms with van der Waals surface area (Å²) < 4.78 is 5.24. The number of carbonyl (C=O) groups is 4. The lowest BCUT2D eigenvalue weighted by atomic mass is 10.0. The molecule has 1 N–H and O–H groups in total. The Morgan fingerprint density at radius 2 is 1.71 bits per heavy atom. The van der Waals surface area contributed by atoms with E-state index in [1.165, 1.54) is 11.3 Å². The Bertz CT molecular complexity index is 872. The molecule has 28 heavy (non-hydrogen) atoms. The van der Waals surface area contributed by atoms with Gasteiger partial charge in [0.1, 0.15) is 12.6 Å². The van der Waals surface area contributed by atoms with E-state index in [0.29, 0.717) is 16.0 Å². The molecule has 3 amide bonds. The van der Waals surface area contributed by atoms with E-state index in [1.807, 2.05) is 0 Å². The molecule has 1 aliphatic rings. The highest BCUT2D eigenvalue weighted by molar-refractivity contribution is 7.12. The van der Waals surface area contributed by atoms with Crippen LogP contribution in [0.2, 0.25) is 0 Å². The van der Waals surface area contributed by atoms with E-state index >= 15 is 0 Å². The van der Waals surface area contributed by atoms with Gasteiger partial charge in [-0.2, -0.15) is 0 Å². The molecule has 0 saturated carbocycles. The van der Waals surface area contributed by atoms with Crippen molar-refractivity contribution in [2.45, 2.75) is 19.9 Å². The second-order valence-electron chi connectivity index (χ2n) is 6.65. The number of amides is 3. The average Bonchev–Trinajstić information content (AvgIpc) is 3.29. The van der Waals surface area contributed by atoms with Crippen molar-refractivity contribution in [3.05, 3.63) is 57.8 Å². The van der Waals surface area contributed by atoms with Gasteiger partial charge in [0.15, 0.2) is 0 Å². The van der Waals surface area contributed by atoms with Gasteiger partial charge in [-0.3, -0.25) is 19.3 Å². The Kier molecular flexibility index (Phi) is 5.89. The molecule has 0 fully saturated rings. The van der Waals surface area contributed by atoms with Crippen LogP contribution in [0, 0.1) is 5.92 Å². The van der Waals surface area contributed by atoms with Gasteiger partial charge in [0.2, 0.25) is 0 Å². The average molecular weight is 400 g/mol. The maximum absolute atomic E-state index is 12.4. The lowest BCUT2D eigenvalue weighted by Gasteiger charge is -2.21. The molecule has 0 spiro atoms. The first-order chi connectivity index (χ1) is 13.4. The van der Waals surface area contributed by atoms with E-state index in [9.17, 15) is 19.2 Å². The highest BCUT2D eigenvalue weighted by Crippen LogP contribution is 2.22. The molecule has 0 radical (unpaired) electrons. The fourth-order valence-corrected chi connectivity index (χ4v) is 3.51. The van der Waals surface area contributed by atoms with Gasteiger partial charge in [-0.15, -0.1) is 11.3 Å². The first kappa shape index (κ1) is 19.8. The molecular weight excluding hydrogens is 380 g/mol. The maximum atomic E-state index is 12.4. The maximum Gasteiger partial charge on any atom is 0.328 e. The van der Waals surface area contributed by atoms with Gasteiger partial charge < -0.3 is 10.1 Å². The minimum absolute atomic E-state index is 0.0399. The summed E-state index contributed by atoms with van der Waals surface area (Å²) in [4.78, 5) is 50.8. The van der Waals surface area contributed by atoms with Gasteiger partial charge in [-0.25, -0.2) is 4.79 Å². The number of hydrogen-bond acceptors (Lipinski definition) is 6. The van der Waals surface area contributed by atoms with Crippen molar-refractivity contribution in [3.63, 3.8) is 0 Å². The van der Waals surface area contributed by atoms with Crippen molar-refractivity contribution < 1.29 is 23.9 Å². The fourth-order valence-electron chi connectivity index (χ4n) is 2.89. The third-order valence-electron chi connectivity index (χ3n) is 4.39. The predicted molar refractivity (Wildman–Crippen MR) is 103 cm³/mol. The number of rotatable bonds is 7. The Labute approximate surface area is 166 Å². The fraction of sp³-hybridized carbons (Fsp3) is 0.300. The number of nitrogens with one attached hydrogen (secondary N) is 1. The van der Waals surface area contributed by atoms with Crippen molar-refractivity contribution in [2.24, 2.45) is 5.92 Å². The van der Waals surface area contributed by atoms with E-state index in [-0.39, 0.29) is 25.0 Å². The van der Waals surface area contributed by atoms with Gasteiger partial charge >= 0.3 is 5.97 Å². The summed E-state index contributed by atoms with van der Waals surface area (Å²) in [6, 6.07) is 9.17. The first-order valence-corrected chi connectivity index (χ1v) is 9.74. The molecule has 1 aromatic carbocycles. The lowest BCUT2D eigenvalue weighted by molar-refractivity contribution is -0.147. The Hall–Kier alpha value is -3.00. The molecular formula is C20H20N2O5S. The van der Waals surface area contributed by atoms with E-state index in [2.05, 4.69) is 5.32 Å². The minimum atomic E-state index is -0.822. The van der Waals surface area contributed by atoms with Gasteiger partial charge in [-0.05, 0) is 29.5 Å². The molecule has 2 aromatic rings. The van der Waals surface area contributed by atoms with Crippen LogP contribution >= 0.6 is 11.3 Å². The van der Waals surface area contributed by atoms with Crippen LogP contribution in [0.15, 0.2) is 41.8 Å². The molecule has 0 aliphatic carbocycles. The Morgan fingerprint density at radius 3 is 2.25 bits per heavy atom. The van der Waals surface area contributed by atoms with Crippen molar-refractivity contribution in [1.29, 1.82) is 0 Å². The normalized spacial score (nSPS) is 14.2. The zero-order chi connectivity index (χ0) is 20.3. The number of hydrogen-bond donors (Lipinski definition) is 1. The predicted octanol–water partition coefficient (Wildman–Crippen LogP) is 2.34. The molecule has 1 aromatic heterocycles. The second kappa shape index (κ2) is 8.35. The smallest absolute Gasteiger partial charge is 0.328 e. The quantitative estimate of drug-likeness (QED) is 0.569. The van der Waals surface area contributed by atoms with Gasteiger partial charge in [0, 0.05) is 0 Å². The number of fused-ring (bicyclic) bond motifs is 1. The number of nitrogens with zero attached hydrogens (tertiary/aromatic N) is 1. The molecule has 1 aliphatic heterocycles. The van der Waals surface area contributed by atoms with Gasteiger partial charge in [-0.1, -0.05) is 32.0 Å². The van der Waals surface area contributed by atoms with Crippen molar-refractivity contribution in [1.82, 2.24) is 10.2 Å². The number of thiophene rings is 1. The molecule has 8 heteroatoms. The number of ether oxygens (including phenoxy) is 1. The molecule has 146 valence electrons. The van der Waals surface area contributed by atoms with Gasteiger partial charge in [0.05, 0.1) is 22.5 Å². The van der Waals surface area contributed by atoms with Gasteiger partial charge in [0.25, 0.3) is 17.7 Å². The Balaban J connectivity index is 1.56. The number of benzene rings is 1. The molecule has 0 unspecified atom stereocenters. The molecule has 2 heterocycles. The summed E-state index contributed by atoms with van der Waals surface area (Å²) in [6.45, 7) is 3.42. The number of carbonyl (C=O) groups excluding carboxylic acids is 4. The third kappa shape index (κ3) is 3.96. The van der Waals surface area contributed by atoms with Crippen molar-refractivity contribution >= 4 is 35.0 Å². The topological polar surface area (TPSA) is 92.8 Å². The van der Waals surface area contributed by atoms with Crippen LogP contribution in [0.5, 0.6) is 0 Å². The van der Waals surface area contributed by atoms with E-state index in [4.69, 9.17) is 4.74 Å². The molecule has 0 bridgehead atoms. The third-order valence-corrected chi connectivity index (χ3v) is 5.26. The van der Waals surface area contributed by atoms with Crippen LogP contribution in [-0.2, 0) is 9.53 Å². The zero-order valence-corrected chi connectivity index (χ0v) is 16.3. The minimum Gasteiger partial charge on any atom is -0.462 e. The van der Waals surface area contributed by atoms with Crippen LogP contribution in [0.25, 0.3) is 0 Å². The summed E-state index contributed by atoms with van der Waals surface area (Å²) >= 11 is 1.28. The van der Waals surface area contributed by atoms with Crippen LogP contribution in [-0.4, -0.2) is 47.8 Å². The highest BCUT2D eigenvalue weighted by Gasteiger charge is 2.35. The van der Waals surface area contributed by atoms with Crippen LogP contribution < -0.4 is 5.32 Å². The molecule has 1 atom stereocenters. The van der Waals surface area contributed by atoms with Crippen LogP contribution in [0.4, 0.5) is 0 Å². The SMILES string of the molecule is CC(C)[C@H](NC(=O)c1cccs1)C(=O)OCCN1C(=O)c2ccccc2C1=O. The molecule has 7 nitrogen and oxygen atoms in total. The lowest BCUT2D eigenvalue weighted by Crippen LogP contribution is -2.45. The van der Waals surface area contributed by atoms with Crippen LogP contribution in [0.1, 0.15) is 44.2 Å². The zero-order valence-electron chi connectivity index (χ0n) is 15.5. The number of imide groups is 1. The second-order valence-corrected chi connectivity index (χ2v) is 7.60. The van der Waals surface area contributed by atoms with Crippen LogP contribution in [0.3, 0.4) is 0 Å². The molecule has 3 rings (SSSR count). The molecule has 0 saturated heterocycles. The summed E-state index contributed by atoms with van der Waals surface area (Å²) in [6.07, 6.45) is 0. The summed E-state index contributed by atoms with van der Waals surface area (Å²) in [7, 11) is 0. The standard InChI is InChI=1S/C20H20N2O5S/c1-12(2)16(21-17(23)15-8-5-11-28-15)20(26)27-10-9-22-18(24)13-6-3-4-7-14(13)19(22)25/h3-8,11-12,16H,9-10H2,1-2H3,(H,21,23)/t16-/m0/s1.